The van der Waals surface area contributed by atoms with Gasteiger partial charge in [0.2, 0.25) is 0 Å². The molecule has 0 saturated carbocycles. The maximum atomic E-state index is 3.60. The molecule has 21 heavy (non-hydrogen) atoms. The van der Waals surface area contributed by atoms with Gasteiger partial charge in [0.15, 0.2) is 0 Å². The summed E-state index contributed by atoms with van der Waals surface area (Å²) in [5.74, 6) is 0.522. The summed E-state index contributed by atoms with van der Waals surface area (Å²) in [4.78, 5) is 0. The molecule has 1 atom stereocenters. The van der Waals surface area contributed by atoms with Crippen molar-refractivity contribution in [2.24, 2.45) is 0 Å². The fraction of sp³-hybridized carbons (Fsp3) is 0.400. The molecule has 0 aromatic heterocycles. The van der Waals surface area contributed by atoms with Crippen LogP contribution in [0.4, 0.5) is 0 Å². The first-order valence-corrected chi connectivity index (χ1v) is 7.91. The lowest BCUT2D eigenvalue weighted by Crippen LogP contribution is -2.29. The second kappa shape index (κ2) is 7.42. The Balaban J connectivity index is 2.23. The summed E-state index contributed by atoms with van der Waals surface area (Å²) < 4.78 is 0. The molecule has 0 heterocycles. The second-order valence-electron chi connectivity index (χ2n) is 6.25. The minimum Gasteiger partial charge on any atom is -0.314 e. The topological polar surface area (TPSA) is 12.0 Å². The van der Waals surface area contributed by atoms with Crippen molar-refractivity contribution in [3.63, 3.8) is 0 Å². The first-order valence-electron chi connectivity index (χ1n) is 7.91. The van der Waals surface area contributed by atoms with E-state index in [0.717, 1.165) is 13.0 Å². The van der Waals surface area contributed by atoms with Crippen molar-refractivity contribution in [2.45, 2.75) is 46.1 Å². The maximum Gasteiger partial charge on any atom is 0.00257 e. The van der Waals surface area contributed by atoms with E-state index in [0.29, 0.717) is 12.0 Å². The smallest absolute Gasteiger partial charge is 0.00257 e. The molecule has 1 heteroatoms. The van der Waals surface area contributed by atoms with Crippen molar-refractivity contribution in [3.8, 4) is 0 Å². The van der Waals surface area contributed by atoms with Gasteiger partial charge < -0.3 is 5.32 Å². The number of hydrogen-bond acceptors (Lipinski definition) is 1. The molecule has 0 spiro atoms. The van der Waals surface area contributed by atoms with Gasteiger partial charge in [-0.3, -0.25) is 0 Å². The molecule has 2 aromatic rings. The molecule has 112 valence electrons. The molecule has 0 aliphatic rings. The summed E-state index contributed by atoms with van der Waals surface area (Å²) in [6.07, 6.45) is 1.10. The van der Waals surface area contributed by atoms with Crippen LogP contribution in [0.25, 0.3) is 0 Å². The summed E-state index contributed by atoms with van der Waals surface area (Å²) in [7, 11) is 0. The highest BCUT2D eigenvalue weighted by atomic mass is 14.9. The fourth-order valence-electron chi connectivity index (χ4n) is 2.83. The summed E-state index contributed by atoms with van der Waals surface area (Å²) in [5.41, 5.74) is 5.73. The lowest BCUT2D eigenvalue weighted by Gasteiger charge is -2.22. The van der Waals surface area contributed by atoms with Crippen LogP contribution >= 0.6 is 0 Å². The Bertz CT molecular complexity index is 537. The molecule has 2 aromatic carbocycles. The first kappa shape index (κ1) is 15.8. The largest absolute Gasteiger partial charge is 0.314 e. The molecule has 0 fully saturated rings. The van der Waals surface area contributed by atoms with Gasteiger partial charge in [0.05, 0.1) is 0 Å². The SMILES string of the molecule is Cc1cccc(C)c1CC(CNC(C)C)c1ccccc1. The van der Waals surface area contributed by atoms with Crippen molar-refractivity contribution in [1.29, 1.82) is 0 Å². The lowest BCUT2D eigenvalue weighted by atomic mass is 9.88. The third-order valence-corrected chi connectivity index (χ3v) is 4.14. The highest BCUT2D eigenvalue weighted by Gasteiger charge is 2.15. The van der Waals surface area contributed by atoms with Crippen LogP contribution in [0, 0.1) is 13.8 Å². The normalized spacial score (nSPS) is 12.6. The first-order chi connectivity index (χ1) is 10.1. The second-order valence-corrected chi connectivity index (χ2v) is 6.25. The van der Waals surface area contributed by atoms with E-state index in [1.54, 1.807) is 0 Å². The monoisotopic (exact) mass is 281 g/mol. The summed E-state index contributed by atoms with van der Waals surface area (Å²) in [6.45, 7) is 9.89. The Kier molecular flexibility index (Phi) is 5.58. The Morgan fingerprint density at radius 3 is 2.05 bits per heavy atom. The molecule has 1 unspecified atom stereocenters. The van der Waals surface area contributed by atoms with Gasteiger partial charge in [-0.2, -0.15) is 0 Å². The summed E-state index contributed by atoms with van der Waals surface area (Å²) in [5, 5.41) is 3.60. The van der Waals surface area contributed by atoms with Gasteiger partial charge in [-0.15, -0.1) is 0 Å². The molecule has 0 amide bonds. The predicted molar refractivity (Wildman–Crippen MR) is 91.9 cm³/mol. The van der Waals surface area contributed by atoms with Gasteiger partial charge in [0.1, 0.15) is 0 Å². The number of rotatable bonds is 6. The van der Waals surface area contributed by atoms with Gasteiger partial charge in [0.25, 0.3) is 0 Å². The van der Waals surface area contributed by atoms with E-state index in [1.807, 2.05) is 0 Å². The molecule has 0 bridgehead atoms. The summed E-state index contributed by atoms with van der Waals surface area (Å²) in [6, 6.07) is 18.0. The predicted octanol–water partition coefficient (Wildman–Crippen LogP) is 4.63. The van der Waals surface area contributed by atoms with Gasteiger partial charge in [-0.1, -0.05) is 62.4 Å². The van der Waals surface area contributed by atoms with E-state index in [4.69, 9.17) is 0 Å². The minimum absolute atomic E-state index is 0.522. The van der Waals surface area contributed by atoms with Crippen LogP contribution < -0.4 is 5.32 Å². The fourth-order valence-corrected chi connectivity index (χ4v) is 2.83. The lowest BCUT2D eigenvalue weighted by molar-refractivity contribution is 0.526. The van der Waals surface area contributed by atoms with Gasteiger partial charge in [0, 0.05) is 18.5 Å². The van der Waals surface area contributed by atoms with Crippen molar-refractivity contribution in [2.75, 3.05) is 6.54 Å². The Morgan fingerprint density at radius 1 is 0.857 bits per heavy atom. The molecule has 0 radical (unpaired) electrons. The van der Waals surface area contributed by atoms with Gasteiger partial charge in [-0.05, 0) is 42.5 Å². The molecular formula is C20H27N. The van der Waals surface area contributed by atoms with E-state index in [1.165, 1.54) is 22.3 Å². The number of hydrogen-bond donors (Lipinski definition) is 1. The minimum atomic E-state index is 0.522. The average Bonchev–Trinajstić information content (AvgIpc) is 2.47. The van der Waals surface area contributed by atoms with Crippen molar-refractivity contribution >= 4 is 0 Å². The number of benzene rings is 2. The van der Waals surface area contributed by atoms with E-state index in [9.17, 15) is 0 Å². The van der Waals surface area contributed by atoms with Crippen LogP contribution in [0.1, 0.15) is 42.0 Å². The third-order valence-electron chi connectivity index (χ3n) is 4.14. The van der Waals surface area contributed by atoms with E-state index in [-0.39, 0.29) is 0 Å². The highest BCUT2D eigenvalue weighted by Crippen LogP contribution is 2.24. The molecule has 1 nitrogen and oxygen atoms in total. The quantitative estimate of drug-likeness (QED) is 0.814. The third kappa shape index (κ3) is 4.44. The zero-order chi connectivity index (χ0) is 15.2. The van der Waals surface area contributed by atoms with Gasteiger partial charge in [-0.25, -0.2) is 0 Å². The average molecular weight is 281 g/mol. The zero-order valence-electron chi connectivity index (χ0n) is 13.7. The van der Waals surface area contributed by atoms with Crippen molar-refractivity contribution in [3.05, 3.63) is 70.8 Å². The Hall–Kier alpha value is -1.60. The van der Waals surface area contributed by atoms with E-state index in [2.05, 4.69) is 81.5 Å². The Labute approximate surface area is 129 Å². The molecule has 0 aliphatic heterocycles. The highest BCUT2D eigenvalue weighted by molar-refractivity contribution is 5.36. The molecule has 0 aliphatic carbocycles. The van der Waals surface area contributed by atoms with Crippen molar-refractivity contribution in [1.82, 2.24) is 5.32 Å². The zero-order valence-corrected chi connectivity index (χ0v) is 13.7. The van der Waals surface area contributed by atoms with Crippen LogP contribution in [0.5, 0.6) is 0 Å². The van der Waals surface area contributed by atoms with E-state index >= 15 is 0 Å². The van der Waals surface area contributed by atoms with Gasteiger partial charge >= 0.3 is 0 Å². The Morgan fingerprint density at radius 2 is 1.48 bits per heavy atom. The van der Waals surface area contributed by atoms with Crippen LogP contribution in [-0.2, 0) is 6.42 Å². The van der Waals surface area contributed by atoms with Crippen LogP contribution in [0.3, 0.4) is 0 Å². The summed E-state index contributed by atoms with van der Waals surface area (Å²) >= 11 is 0. The van der Waals surface area contributed by atoms with Crippen LogP contribution in [-0.4, -0.2) is 12.6 Å². The number of aryl methyl sites for hydroxylation is 2. The maximum absolute atomic E-state index is 3.60. The van der Waals surface area contributed by atoms with E-state index < -0.39 is 0 Å². The van der Waals surface area contributed by atoms with Crippen LogP contribution in [0.15, 0.2) is 48.5 Å². The molecule has 0 saturated heterocycles. The molecular weight excluding hydrogens is 254 g/mol. The standard InChI is InChI=1S/C20H27N/c1-15(2)21-14-19(18-11-6-5-7-12-18)13-20-16(3)9-8-10-17(20)4/h5-12,15,19,21H,13-14H2,1-4H3. The van der Waals surface area contributed by atoms with Crippen LogP contribution in [0.2, 0.25) is 0 Å². The number of nitrogens with one attached hydrogen (secondary N) is 1. The molecule has 2 rings (SSSR count). The van der Waals surface area contributed by atoms with Crippen molar-refractivity contribution < 1.29 is 0 Å². The molecule has 1 N–H and O–H groups in total.